The van der Waals surface area contributed by atoms with Crippen LogP contribution in [0, 0.1) is 26.7 Å². The molecule has 0 saturated carbocycles. The summed E-state index contributed by atoms with van der Waals surface area (Å²) in [4.78, 5) is 38.8. The normalized spacial score (nSPS) is 15.1. The van der Waals surface area contributed by atoms with E-state index in [1.165, 1.54) is 5.56 Å². The number of anilines is 2. The maximum absolute atomic E-state index is 12.6. The highest BCUT2D eigenvalue weighted by Crippen LogP contribution is 2.29. The number of para-hydroxylation sites is 1. The minimum atomic E-state index is -0.625. The molecule has 0 spiro atoms. The number of carbonyl (C=O) groups excluding carboxylic acids is 3. The van der Waals surface area contributed by atoms with Gasteiger partial charge in [0.2, 0.25) is 5.91 Å². The van der Waals surface area contributed by atoms with Crippen molar-refractivity contribution in [3.05, 3.63) is 83.4 Å². The van der Waals surface area contributed by atoms with Gasteiger partial charge in [-0.2, -0.15) is 0 Å². The van der Waals surface area contributed by atoms with Crippen molar-refractivity contribution in [2.75, 3.05) is 23.4 Å². The Morgan fingerprint density at radius 2 is 1.63 bits per heavy atom. The number of carbonyl (C=O) groups is 3. The van der Waals surface area contributed by atoms with E-state index in [1.54, 1.807) is 35.2 Å². The van der Waals surface area contributed by atoms with Crippen molar-refractivity contribution in [3.8, 4) is 11.5 Å². The Hall–Kier alpha value is -4.13. The Kier molecular flexibility index (Phi) is 7.15. The summed E-state index contributed by atoms with van der Waals surface area (Å²) in [5, 5.41) is 2.72. The molecule has 0 unspecified atom stereocenters. The van der Waals surface area contributed by atoms with Gasteiger partial charge < -0.3 is 19.7 Å². The number of esters is 1. The highest BCUT2D eigenvalue weighted by Gasteiger charge is 2.36. The first-order valence-corrected chi connectivity index (χ1v) is 11.5. The molecule has 35 heavy (non-hydrogen) atoms. The van der Waals surface area contributed by atoms with Gasteiger partial charge >= 0.3 is 5.97 Å². The summed E-state index contributed by atoms with van der Waals surface area (Å²) < 4.78 is 11.1. The van der Waals surface area contributed by atoms with Crippen molar-refractivity contribution < 1.29 is 23.9 Å². The Balaban J connectivity index is 1.30. The Morgan fingerprint density at radius 1 is 0.914 bits per heavy atom. The average molecular weight is 473 g/mol. The zero-order valence-electron chi connectivity index (χ0n) is 20.0. The van der Waals surface area contributed by atoms with Gasteiger partial charge in [0.15, 0.2) is 6.61 Å². The van der Waals surface area contributed by atoms with Gasteiger partial charge in [-0.05, 0) is 79.9 Å². The Labute approximate surface area is 204 Å². The topological polar surface area (TPSA) is 84.9 Å². The van der Waals surface area contributed by atoms with E-state index in [4.69, 9.17) is 9.47 Å². The molecule has 1 heterocycles. The van der Waals surface area contributed by atoms with E-state index in [0.29, 0.717) is 17.1 Å². The van der Waals surface area contributed by atoms with Crippen LogP contribution in [0.4, 0.5) is 11.4 Å². The number of ether oxygens (including phenoxy) is 2. The van der Waals surface area contributed by atoms with Crippen molar-refractivity contribution in [1.82, 2.24) is 0 Å². The third-order valence-electron chi connectivity index (χ3n) is 6.09. The molecule has 1 aliphatic heterocycles. The summed E-state index contributed by atoms with van der Waals surface area (Å²) in [5.41, 5.74) is 4.60. The van der Waals surface area contributed by atoms with Crippen LogP contribution in [0.3, 0.4) is 0 Å². The molecule has 3 aromatic rings. The molecule has 0 radical (unpaired) electrons. The van der Waals surface area contributed by atoms with E-state index in [-0.39, 0.29) is 18.9 Å². The van der Waals surface area contributed by atoms with Gasteiger partial charge in [-0.3, -0.25) is 14.4 Å². The molecule has 0 aromatic heterocycles. The van der Waals surface area contributed by atoms with E-state index in [9.17, 15) is 14.4 Å². The fraction of sp³-hybridized carbons (Fsp3) is 0.250. The number of aryl methyl sites for hydroxylation is 3. The first-order valence-electron chi connectivity index (χ1n) is 11.5. The van der Waals surface area contributed by atoms with E-state index in [0.717, 1.165) is 16.9 Å². The number of benzene rings is 3. The van der Waals surface area contributed by atoms with Crippen LogP contribution in [0.5, 0.6) is 11.5 Å². The molecule has 7 nitrogen and oxygen atoms in total. The van der Waals surface area contributed by atoms with Crippen molar-refractivity contribution >= 4 is 29.2 Å². The molecule has 4 rings (SSSR count). The predicted octanol–water partition coefficient (Wildman–Crippen LogP) is 4.94. The molecule has 1 atom stereocenters. The summed E-state index contributed by atoms with van der Waals surface area (Å²) in [6.07, 6.45) is 0.0408. The molecule has 3 aromatic carbocycles. The summed E-state index contributed by atoms with van der Waals surface area (Å²) in [6.45, 7) is 5.76. The van der Waals surface area contributed by atoms with Crippen molar-refractivity contribution in [2.45, 2.75) is 27.2 Å². The second-order valence-electron chi connectivity index (χ2n) is 8.72. The quantitative estimate of drug-likeness (QED) is 0.493. The predicted molar refractivity (Wildman–Crippen MR) is 134 cm³/mol. The van der Waals surface area contributed by atoms with Gasteiger partial charge in [-0.1, -0.05) is 24.3 Å². The largest absolute Gasteiger partial charge is 0.457 e. The maximum atomic E-state index is 12.6. The first-order chi connectivity index (χ1) is 16.8. The minimum Gasteiger partial charge on any atom is -0.457 e. The van der Waals surface area contributed by atoms with Crippen LogP contribution in [0.2, 0.25) is 0 Å². The van der Waals surface area contributed by atoms with Crippen molar-refractivity contribution in [2.24, 2.45) is 5.92 Å². The lowest BCUT2D eigenvalue weighted by Gasteiger charge is -2.17. The van der Waals surface area contributed by atoms with Gasteiger partial charge in [0, 0.05) is 24.3 Å². The summed E-state index contributed by atoms with van der Waals surface area (Å²) >= 11 is 0. The first kappa shape index (κ1) is 24.0. The smallest absolute Gasteiger partial charge is 0.311 e. The monoisotopic (exact) mass is 472 g/mol. The van der Waals surface area contributed by atoms with E-state index in [2.05, 4.69) is 5.32 Å². The highest BCUT2D eigenvalue weighted by molar-refractivity contribution is 6.00. The lowest BCUT2D eigenvalue weighted by molar-refractivity contribution is -0.151. The number of amides is 2. The molecule has 7 heteroatoms. The third kappa shape index (κ3) is 5.87. The molecule has 1 fully saturated rings. The second kappa shape index (κ2) is 10.4. The average Bonchev–Trinajstić information content (AvgIpc) is 3.23. The maximum Gasteiger partial charge on any atom is 0.311 e. The molecular formula is C28H28N2O5. The van der Waals surface area contributed by atoms with Crippen LogP contribution < -0.4 is 15.0 Å². The molecule has 180 valence electrons. The van der Waals surface area contributed by atoms with Crippen molar-refractivity contribution in [1.29, 1.82) is 0 Å². The van der Waals surface area contributed by atoms with Gasteiger partial charge in [-0.25, -0.2) is 0 Å². The Morgan fingerprint density at radius 3 is 2.34 bits per heavy atom. The fourth-order valence-electron chi connectivity index (χ4n) is 3.88. The van der Waals surface area contributed by atoms with Crippen LogP contribution in [0.25, 0.3) is 0 Å². The number of hydrogen-bond donors (Lipinski definition) is 1. The molecule has 2 amide bonds. The van der Waals surface area contributed by atoms with E-state index >= 15 is 0 Å². The van der Waals surface area contributed by atoms with Gasteiger partial charge in [0.25, 0.3) is 5.91 Å². The summed E-state index contributed by atoms with van der Waals surface area (Å²) in [7, 11) is 0. The SMILES string of the molecule is Cc1ccc(Oc2ccc(N3C[C@H](C(=O)OCC(=O)Nc4ccccc4C)CC3=O)cc2)cc1C. The lowest BCUT2D eigenvalue weighted by atomic mass is 10.1. The van der Waals surface area contributed by atoms with Crippen LogP contribution in [-0.4, -0.2) is 30.9 Å². The van der Waals surface area contributed by atoms with Crippen molar-refractivity contribution in [3.63, 3.8) is 0 Å². The lowest BCUT2D eigenvalue weighted by Crippen LogP contribution is -2.28. The van der Waals surface area contributed by atoms with Gasteiger partial charge in [0.1, 0.15) is 11.5 Å². The Bertz CT molecular complexity index is 1250. The fourth-order valence-corrected chi connectivity index (χ4v) is 3.88. The number of nitrogens with one attached hydrogen (secondary N) is 1. The van der Waals surface area contributed by atoms with E-state index < -0.39 is 24.4 Å². The minimum absolute atomic E-state index is 0.0408. The summed E-state index contributed by atoms with van der Waals surface area (Å²) in [5.74, 6) is -0.380. The van der Waals surface area contributed by atoms with Crippen LogP contribution in [0.15, 0.2) is 66.7 Å². The third-order valence-corrected chi connectivity index (χ3v) is 6.09. The number of rotatable bonds is 7. The molecular weight excluding hydrogens is 444 g/mol. The molecule has 0 aliphatic carbocycles. The molecule has 1 N–H and O–H groups in total. The zero-order valence-corrected chi connectivity index (χ0v) is 20.0. The van der Waals surface area contributed by atoms with Crippen LogP contribution >= 0.6 is 0 Å². The highest BCUT2D eigenvalue weighted by atomic mass is 16.5. The number of hydrogen-bond acceptors (Lipinski definition) is 5. The molecule has 1 aliphatic rings. The number of nitrogens with zero attached hydrogens (tertiary/aromatic N) is 1. The second-order valence-corrected chi connectivity index (χ2v) is 8.72. The van der Waals surface area contributed by atoms with Crippen LogP contribution in [-0.2, 0) is 19.1 Å². The van der Waals surface area contributed by atoms with E-state index in [1.807, 2.05) is 57.2 Å². The molecule has 0 bridgehead atoms. The van der Waals surface area contributed by atoms with Gasteiger partial charge in [-0.15, -0.1) is 0 Å². The van der Waals surface area contributed by atoms with Crippen LogP contribution in [0.1, 0.15) is 23.1 Å². The summed E-state index contributed by atoms with van der Waals surface area (Å²) in [6, 6.07) is 20.4. The molecule has 1 saturated heterocycles. The standard InChI is InChI=1S/C28H28N2O5/c1-18-8-11-24(14-20(18)3)35-23-12-9-22(10-13-23)30-16-21(15-27(30)32)28(33)34-17-26(31)29-25-7-5-4-6-19(25)2/h4-14,21H,15-17H2,1-3H3,(H,29,31)/t21-/m1/s1. The zero-order chi connectivity index (χ0) is 24.9. The van der Waals surface area contributed by atoms with Gasteiger partial charge in [0.05, 0.1) is 5.92 Å².